The first-order valence-electron chi connectivity index (χ1n) is 6.81. The molecule has 1 heterocycles. The van der Waals surface area contributed by atoms with E-state index >= 15 is 0 Å². The van der Waals surface area contributed by atoms with Gasteiger partial charge in [-0.15, -0.1) is 11.3 Å². The quantitative estimate of drug-likeness (QED) is 0.871. The van der Waals surface area contributed by atoms with Gasteiger partial charge in [0.25, 0.3) is 0 Å². The number of hydrogen-bond acceptors (Lipinski definition) is 3. The Labute approximate surface area is 119 Å². The third kappa shape index (κ3) is 4.44. The summed E-state index contributed by atoms with van der Waals surface area (Å²) in [6.45, 7) is 4.19. The maximum atomic E-state index is 4.54. The van der Waals surface area contributed by atoms with E-state index in [0.717, 1.165) is 24.3 Å². The Balaban J connectivity index is 1.87. The zero-order valence-corrected chi connectivity index (χ0v) is 12.8. The smallest absolute Gasteiger partial charge is 0.0897 e. The van der Waals surface area contributed by atoms with Crippen LogP contribution in [0.4, 0.5) is 0 Å². The molecule has 0 fully saturated rings. The number of aromatic nitrogens is 1. The van der Waals surface area contributed by atoms with Crippen LogP contribution in [-0.2, 0) is 12.8 Å². The maximum Gasteiger partial charge on any atom is 0.0897 e. The molecule has 0 radical (unpaired) electrons. The lowest BCUT2D eigenvalue weighted by molar-refractivity contribution is 0.516. The summed E-state index contributed by atoms with van der Waals surface area (Å²) in [6, 6.07) is 9.34. The van der Waals surface area contributed by atoms with Crippen molar-refractivity contribution in [2.75, 3.05) is 7.05 Å². The molecule has 0 amide bonds. The summed E-state index contributed by atoms with van der Waals surface area (Å²) in [5, 5.41) is 6.73. The van der Waals surface area contributed by atoms with Crippen LogP contribution in [0.5, 0.6) is 0 Å². The van der Waals surface area contributed by atoms with E-state index in [9.17, 15) is 0 Å². The van der Waals surface area contributed by atoms with Gasteiger partial charge in [0.15, 0.2) is 0 Å². The van der Waals surface area contributed by atoms with Crippen molar-refractivity contribution in [3.05, 3.63) is 51.5 Å². The molecular formula is C16H22N2S. The largest absolute Gasteiger partial charge is 0.317 e. The Kier molecular flexibility index (Phi) is 5.11. The Morgan fingerprint density at radius 3 is 2.53 bits per heavy atom. The zero-order valence-electron chi connectivity index (χ0n) is 11.9. The summed E-state index contributed by atoms with van der Waals surface area (Å²) >= 11 is 1.73. The number of benzene rings is 1. The summed E-state index contributed by atoms with van der Waals surface area (Å²) in [5.74, 6) is 0. The molecule has 1 N–H and O–H groups in total. The molecule has 0 bridgehead atoms. The number of rotatable bonds is 6. The first kappa shape index (κ1) is 14.2. The van der Waals surface area contributed by atoms with Gasteiger partial charge in [-0.3, -0.25) is 0 Å². The van der Waals surface area contributed by atoms with Crippen molar-refractivity contribution < 1.29 is 0 Å². The minimum absolute atomic E-state index is 0.503. The van der Waals surface area contributed by atoms with Crippen LogP contribution in [0.2, 0.25) is 0 Å². The van der Waals surface area contributed by atoms with Gasteiger partial charge in [0.05, 0.1) is 10.7 Å². The van der Waals surface area contributed by atoms with Crippen molar-refractivity contribution in [2.24, 2.45) is 0 Å². The van der Waals surface area contributed by atoms with Crippen molar-refractivity contribution >= 4 is 11.3 Å². The lowest BCUT2D eigenvalue weighted by Crippen LogP contribution is -2.28. The molecule has 0 spiro atoms. The summed E-state index contributed by atoms with van der Waals surface area (Å²) in [6.07, 6.45) is 3.29. The molecule has 0 saturated heterocycles. The van der Waals surface area contributed by atoms with Gasteiger partial charge in [0.1, 0.15) is 0 Å². The van der Waals surface area contributed by atoms with Crippen molar-refractivity contribution in [3.8, 4) is 0 Å². The number of thiazole rings is 1. The second-order valence-electron chi connectivity index (χ2n) is 5.07. The highest BCUT2D eigenvalue weighted by atomic mass is 32.1. The molecule has 0 aliphatic rings. The average Bonchev–Trinajstić information content (AvgIpc) is 2.82. The van der Waals surface area contributed by atoms with E-state index in [0.29, 0.717) is 6.04 Å². The molecule has 0 aliphatic carbocycles. The Bertz CT molecular complexity index is 502. The van der Waals surface area contributed by atoms with Crippen LogP contribution >= 0.6 is 11.3 Å². The van der Waals surface area contributed by atoms with Crippen molar-refractivity contribution in [1.29, 1.82) is 0 Å². The van der Waals surface area contributed by atoms with Crippen LogP contribution < -0.4 is 5.32 Å². The molecule has 0 aliphatic heterocycles. The second kappa shape index (κ2) is 6.83. The molecule has 2 aromatic rings. The van der Waals surface area contributed by atoms with Gasteiger partial charge < -0.3 is 5.32 Å². The molecule has 1 aromatic carbocycles. The lowest BCUT2D eigenvalue weighted by atomic mass is 10.0. The van der Waals surface area contributed by atoms with Crippen LogP contribution in [0.15, 0.2) is 29.6 Å². The van der Waals surface area contributed by atoms with Crippen LogP contribution in [0, 0.1) is 13.8 Å². The predicted molar refractivity (Wildman–Crippen MR) is 82.9 cm³/mol. The van der Waals surface area contributed by atoms with Gasteiger partial charge in [-0.05, 0) is 39.3 Å². The van der Waals surface area contributed by atoms with Crippen molar-refractivity contribution in [1.82, 2.24) is 10.3 Å². The molecule has 1 aromatic heterocycles. The monoisotopic (exact) mass is 274 g/mol. The summed E-state index contributed by atoms with van der Waals surface area (Å²) < 4.78 is 0. The topological polar surface area (TPSA) is 24.9 Å². The molecule has 3 heteroatoms. The number of nitrogens with zero attached hydrogens (tertiary/aromatic N) is 1. The fourth-order valence-electron chi connectivity index (χ4n) is 2.20. The van der Waals surface area contributed by atoms with Crippen LogP contribution in [0.25, 0.3) is 0 Å². The van der Waals surface area contributed by atoms with E-state index in [2.05, 4.69) is 53.8 Å². The molecule has 2 nitrogen and oxygen atoms in total. The molecule has 102 valence electrons. The first-order chi connectivity index (χ1) is 9.17. The van der Waals surface area contributed by atoms with Gasteiger partial charge in [-0.1, -0.05) is 29.8 Å². The molecule has 1 unspecified atom stereocenters. The fraction of sp³-hybridized carbons (Fsp3) is 0.438. The van der Waals surface area contributed by atoms with Crippen LogP contribution in [0.1, 0.15) is 28.2 Å². The van der Waals surface area contributed by atoms with E-state index < -0.39 is 0 Å². The Morgan fingerprint density at radius 1 is 1.21 bits per heavy atom. The SMILES string of the molecule is CNC(CCc1ccc(C)cc1)Cc1csc(C)n1. The third-order valence-corrected chi connectivity index (χ3v) is 4.25. The van der Waals surface area contributed by atoms with Crippen LogP contribution in [0.3, 0.4) is 0 Å². The number of hydrogen-bond donors (Lipinski definition) is 1. The highest BCUT2D eigenvalue weighted by Crippen LogP contribution is 2.13. The predicted octanol–water partition coefficient (Wildman–Crippen LogP) is 3.52. The Morgan fingerprint density at radius 2 is 1.95 bits per heavy atom. The van der Waals surface area contributed by atoms with E-state index in [1.165, 1.54) is 16.8 Å². The van der Waals surface area contributed by atoms with Gasteiger partial charge >= 0.3 is 0 Å². The first-order valence-corrected chi connectivity index (χ1v) is 7.69. The van der Waals surface area contributed by atoms with Crippen molar-refractivity contribution in [2.45, 2.75) is 39.2 Å². The highest BCUT2D eigenvalue weighted by molar-refractivity contribution is 7.09. The second-order valence-corrected chi connectivity index (χ2v) is 6.13. The standard InChI is InChI=1S/C16H22N2S/c1-12-4-6-14(7-5-12)8-9-15(17-3)10-16-11-19-13(2)18-16/h4-7,11,15,17H,8-10H2,1-3H3. The van der Waals surface area contributed by atoms with Gasteiger partial charge in [0, 0.05) is 17.8 Å². The number of likely N-dealkylation sites (N-methyl/N-ethyl adjacent to an activating group) is 1. The minimum atomic E-state index is 0.503. The van der Waals surface area contributed by atoms with Gasteiger partial charge in [0.2, 0.25) is 0 Å². The minimum Gasteiger partial charge on any atom is -0.317 e. The average molecular weight is 274 g/mol. The molecule has 2 rings (SSSR count). The van der Waals surface area contributed by atoms with E-state index in [4.69, 9.17) is 0 Å². The number of aryl methyl sites for hydroxylation is 3. The van der Waals surface area contributed by atoms with E-state index in [1.807, 2.05) is 7.05 Å². The van der Waals surface area contributed by atoms with E-state index in [-0.39, 0.29) is 0 Å². The lowest BCUT2D eigenvalue weighted by Gasteiger charge is -2.15. The van der Waals surface area contributed by atoms with E-state index in [1.54, 1.807) is 11.3 Å². The molecule has 0 saturated carbocycles. The molecule has 19 heavy (non-hydrogen) atoms. The van der Waals surface area contributed by atoms with Crippen LogP contribution in [-0.4, -0.2) is 18.1 Å². The summed E-state index contributed by atoms with van der Waals surface area (Å²) in [7, 11) is 2.04. The summed E-state index contributed by atoms with van der Waals surface area (Å²) in [5.41, 5.74) is 3.96. The van der Waals surface area contributed by atoms with Gasteiger partial charge in [-0.25, -0.2) is 4.98 Å². The highest BCUT2D eigenvalue weighted by Gasteiger charge is 2.09. The normalized spacial score (nSPS) is 12.6. The molecule has 1 atom stereocenters. The fourth-order valence-corrected chi connectivity index (χ4v) is 2.82. The Hall–Kier alpha value is -1.19. The third-order valence-electron chi connectivity index (χ3n) is 3.43. The molecular weight excluding hydrogens is 252 g/mol. The van der Waals surface area contributed by atoms with Crippen molar-refractivity contribution in [3.63, 3.8) is 0 Å². The zero-order chi connectivity index (χ0) is 13.7. The maximum absolute atomic E-state index is 4.54. The number of nitrogens with one attached hydrogen (secondary N) is 1. The summed E-state index contributed by atoms with van der Waals surface area (Å²) in [4.78, 5) is 4.54. The van der Waals surface area contributed by atoms with Gasteiger partial charge in [-0.2, -0.15) is 0 Å².